The van der Waals surface area contributed by atoms with Gasteiger partial charge < -0.3 is 10.1 Å². The molecule has 1 aliphatic rings. The van der Waals surface area contributed by atoms with Gasteiger partial charge in [0.15, 0.2) is 0 Å². The van der Waals surface area contributed by atoms with Crippen molar-refractivity contribution in [3.8, 4) is 11.8 Å². The van der Waals surface area contributed by atoms with E-state index in [1.54, 1.807) is 0 Å². The number of nitrogens with one attached hydrogen (secondary N) is 1. The monoisotopic (exact) mass is 391 g/mol. The number of unbranched alkanes of at least 4 members (excludes halogenated alkanes) is 1. The molecule has 1 aliphatic heterocycles. The molecular formula is C25H33N3O. The molecule has 154 valence electrons. The number of hydrogen-bond acceptors (Lipinski definition) is 4. The Bertz CT molecular complexity index is 776. The van der Waals surface area contributed by atoms with Crippen LogP contribution in [0.2, 0.25) is 0 Å². The molecule has 0 aliphatic carbocycles. The molecule has 4 nitrogen and oxygen atoms in total. The van der Waals surface area contributed by atoms with Gasteiger partial charge in [-0.1, -0.05) is 49.2 Å². The molecule has 0 spiro atoms. The lowest BCUT2D eigenvalue weighted by atomic mass is 10.1. The average Bonchev–Trinajstić information content (AvgIpc) is 3.01. The summed E-state index contributed by atoms with van der Waals surface area (Å²) in [7, 11) is 0. The first-order valence-corrected chi connectivity index (χ1v) is 10.9. The zero-order valence-electron chi connectivity index (χ0n) is 17.4. The Labute approximate surface area is 175 Å². The zero-order chi connectivity index (χ0) is 20.2. The molecule has 0 atom stereocenters. The van der Waals surface area contributed by atoms with E-state index in [0.717, 1.165) is 31.8 Å². The van der Waals surface area contributed by atoms with Crippen LogP contribution in [-0.4, -0.2) is 24.6 Å². The Morgan fingerprint density at radius 2 is 1.59 bits per heavy atom. The summed E-state index contributed by atoms with van der Waals surface area (Å²) in [6.45, 7) is 5.80. The molecule has 3 rings (SSSR count). The highest BCUT2D eigenvalue weighted by molar-refractivity contribution is 5.29. The first kappa shape index (κ1) is 21.4. The second-order valence-corrected chi connectivity index (χ2v) is 7.87. The van der Waals surface area contributed by atoms with Crippen LogP contribution < -0.4 is 10.1 Å². The third-order valence-corrected chi connectivity index (χ3v) is 5.35. The van der Waals surface area contributed by atoms with Gasteiger partial charge in [0.1, 0.15) is 5.75 Å². The second kappa shape index (κ2) is 12.3. The third kappa shape index (κ3) is 7.89. The van der Waals surface area contributed by atoms with Gasteiger partial charge in [-0.15, -0.1) is 0 Å². The van der Waals surface area contributed by atoms with Gasteiger partial charge in [0, 0.05) is 26.1 Å². The number of nitrogens with zero attached hydrogens (tertiary/aromatic N) is 2. The van der Waals surface area contributed by atoms with E-state index in [1.165, 1.54) is 55.5 Å². The molecule has 29 heavy (non-hydrogen) atoms. The van der Waals surface area contributed by atoms with E-state index in [4.69, 9.17) is 10.00 Å². The maximum absolute atomic E-state index is 8.59. The Hall–Kier alpha value is -2.35. The van der Waals surface area contributed by atoms with Gasteiger partial charge in [-0.2, -0.15) is 5.26 Å². The largest absolute Gasteiger partial charge is 0.494 e. The van der Waals surface area contributed by atoms with Crippen LogP contribution in [-0.2, 0) is 19.6 Å². The van der Waals surface area contributed by atoms with Crippen molar-refractivity contribution in [1.29, 1.82) is 5.26 Å². The van der Waals surface area contributed by atoms with E-state index >= 15 is 0 Å². The first-order valence-electron chi connectivity index (χ1n) is 10.9. The molecule has 2 aromatic carbocycles. The van der Waals surface area contributed by atoms with Crippen LogP contribution in [0.15, 0.2) is 48.5 Å². The SMILES string of the molecule is N#CCCCOc1cccc(CNCc2cccc(CN3CCCCCC3)c2)c1. The fourth-order valence-electron chi connectivity index (χ4n) is 3.83. The Morgan fingerprint density at radius 1 is 0.897 bits per heavy atom. The lowest BCUT2D eigenvalue weighted by Crippen LogP contribution is -2.24. The number of likely N-dealkylation sites (tertiary alicyclic amines) is 1. The Morgan fingerprint density at radius 3 is 2.34 bits per heavy atom. The van der Waals surface area contributed by atoms with Crippen molar-refractivity contribution in [2.45, 2.75) is 58.2 Å². The minimum atomic E-state index is 0.540. The van der Waals surface area contributed by atoms with Gasteiger partial charge in [0.05, 0.1) is 12.7 Å². The normalized spacial score (nSPS) is 14.9. The molecule has 1 heterocycles. The van der Waals surface area contributed by atoms with Crippen LogP contribution in [0.3, 0.4) is 0 Å². The minimum absolute atomic E-state index is 0.540. The maximum Gasteiger partial charge on any atom is 0.119 e. The molecule has 2 aromatic rings. The van der Waals surface area contributed by atoms with Gasteiger partial charge in [0.25, 0.3) is 0 Å². The Kier molecular flexibility index (Phi) is 9.03. The highest BCUT2D eigenvalue weighted by Gasteiger charge is 2.09. The van der Waals surface area contributed by atoms with Crippen molar-refractivity contribution >= 4 is 0 Å². The summed E-state index contributed by atoms with van der Waals surface area (Å²) in [6, 6.07) is 19.3. The van der Waals surface area contributed by atoms with Gasteiger partial charge in [-0.25, -0.2) is 0 Å². The molecule has 1 fully saturated rings. The van der Waals surface area contributed by atoms with Crippen LogP contribution in [0.1, 0.15) is 55.2 Å². The average molecular weight is 392 g/mol. The summed E-state index contributed by atoms with van der Waals surface area (Å²) in [5.74, 6) is 0.877. The van der Waals surface area contributed by atoms with E-state index in [9.17, 15) is 0 Å². The van der Waals surface area contributed by atoms with Gasteiger partial charge in [-0.05, 0) is 61.2 Å². The van der Waals surface area contributed by atoms with Gasteiger partial charge >= 0.3 is 0 Å². The fourth-order valence-corrected chi connectivity index (χ4v) is 3.83. The van der Waals surface area contributed by atoms with E-state index in [1.807, 2.05) is 12.1 Å². The number of nitriles is 1. The molecule has 0 saturated carbocycles. The molecule has 0 bridgehead atoms. The van der Waals surface area contributed by atoms with Gasteiger partial charge in [-0.3, -0.25) is 4.90 Å². The summed E-state index contributed by atoms with van der Waals surface area (Å²) in [6.07, 6.45) is 6.74. The van der Waals surface area contributed by atoms with Crippen molar-refractivity contribution < 1.29 is 4.74 Å². The highest BCUT2D eigenvalue weighted by Crippen LogP contribution is 2.16. The smallest absolute Gasteiger partial charge is 0.119 e. The van der Waals surface area contributed by atoms with E-state index in [2.05, 4.69) is 52.7 Å². The quantitative estimate of drug-likeness (QED) is 0.577. The van der Waals surface area contributed by atoms with Crippen LogP contribution in [0, 0.1) is 11.3 Å². The topological polar surface area (TPSA) is 48.3 Å². The van der Waals surface area contributed by atoms with Crippen molar-refractivity contribution in [2.75, 3.05) is 19.7 Å². The molecule has 0 amide bonds. The lowest BCUT2D eigenvalue weighted by molar-refractivity contribution is 0.277. The third-order valence-electron chi connectivity index (χ3n) is 5.35. The maximum atomic E-state index is 8.59. The first-order chi connectivity index (χ1) is 14.3. The molecule has 0 unspecified atom stereocenters. The predicted octanol–water partition coefficient (Wildman–Crippen LogP) is 5.03. The van der Waals surface area contributed by atoms with Crippen molar-refractivity contribution in [1.82, 2.24) is 10.2 Å². The van der Waals surface area contributed by atoms with Crippen molar-refractivity contribution in [3.63, 3.8) is 0 Å². The number of hydrogen-bond donors (Lipinski definition) is 1. The molecule has 0 radical (unpaired) electrons. The number of benzene rings is 2. The van der Waals surface area contributed by atoms with E-state index < -0.39 is 0 Å². The summed E-state index contributed by atoms with van der Waals surface area (Å²) in [4.78, 5) is 2.60. The van der Waals surface area contributed by atoms with Gasteiger partial charge in [0.2, 0.25) is 0 Å². The fraction of sp³-hybridized carbons (Fsp3) is 0.480. The predicted molar refractivity (Wildman–Crippen MR) is 118 cm³/mol. The molecule has 1 N–H and O–H groups in total. The van der Waals surface area contributed by atoms with Crippen molar-refractivity contribution in [3.05, 3.63) is 65.2 Å². The highest BCUT2D eigenvalue weighted by atomic mass is 16.5. The molecule has 0 aromatic heterocycles. The van der Waals surface area contributed by atoms with Crippen LogP contribution >= 0.6 is 0 Å². The second-order valence-electron chi connectivity index (χ2n) is 7.87. The molecule has 4 heteroatoms. The zero-order valence-corrected chi connectivity index (χ0v) is 17.4. The van der Waals surface area contributed by atoms with Crippen LogP contribution in [0.4, 0.5) is 0 Å². The summed E-state index contributed by atoms with van der Waals surface area (Å²) in [5.41, 5.74) is 3.96. The van der Waals surface area contributed by atoms with Crippen LogP contribution in [0.25, 0.3) is 0 Å². The summed E-state index contributed by atoms with van der Waals surface area (Å²) >= 11 is 0. The van der Waals surface area contributed by atoms with E-state index in [-0.39, 0.29) is 0 Å². The summed E-state index contributed by atoms with van der Waals surface area (Å²) < 4.78 is 5.73. The number of ether oxygens (including phenoxy) is 1. The lowest BCUT2D eigenvalue weighted by Gasteiger charge is -2.20. The van der Waals surface area contributed by atoms with E-state index in [0.29, 0.717) is 13.0 Å². The Balaban J connectivity index is 1.45. The molecule has 1 saturated heterocycles. The summed E-state index contributed by atoms with van der Waals surface area (Å²) in [5, 5.41) is 12.1. The van der Waals surface area contributed by atoms with Crippen molar-refractivity contribution in [2.24, 2.45) is 0 Å². The number of rotatable bonds is 10. The molecular weight excluding hydrogens is 358 g/mol. The van der Waals surface area contributed by atoms with Crippen LogP contribution in [0.5, 0.6) is 5.75 Å². The standard InChI is InChI=1S/C25H33N3O/c26-13-3-6-16-29-25-12-8-10-23(18-25)20-27-19-22-9-7-11-24(17-22)21-28-14-4-1-2-5-15-28/h7-12,17-18,27H,1-6,14-16,19-21H2. The minimum Gasteiger partial charge on any atom is -0.494 e.